The van der Waals surface area contributed by atoms with Gasteiger partial charge in [0.15, 0.2) is 0 Å². The Morgan fingerprint density at radius 1 is 1.59 bits per heavy atom. The Morgan fingerprint density at radius 2 is 2.29 bits per heavy atom. The molecular formula is C12H15FN2OS. The fraction of sp³-hybridized carbons (Fsp3) is 0.417. The van der Waals surface area contributed by atoms with Gasteiger partial charge in [-0.2, -0.15) is 0 Å². The number of halogens is 1. The Labute approximate surface area is 104 Å². The molecule has 0 aliphatic heterocycles. The maximum absolute atomic E-state index is 12.8. The second-order valence-electron chi connectivity index (χ2n) is 4.21. The molecule has 1 aromatic carbocycles. The van der Waals surface area contributed by atoms with Gasteiger partial charge in [0.2, 0.25) is 5.91 Å². The lowest BCUT2D eigenvalue weighted by Gasteiger charge is -2.16. The fourth-order valence-electron chi connectivity index (χ4n) is 1.56. The van der Waals surface area contributed by atoms with Gasteiger partial charge in [0.25, 0.3) is 0 Å². The van der Waals surface area contributed by atoms with Gasteiger partial charge in [-0.1, -0.05) is 0 Å². The maximum Gasteiger partial charge on any atom is 0.232 e. The van der Waals surface area contributed by atoms with Crippen LogP contribution in [0.3, 0.4) is 0 Å². The third-order valence-electron chi connectivity index (χ3n) is 2.81. The maximum atomic E-state index is 12.8. The smallest absolute Gasteiger partial charge is 0.232 e. The summed E-state index contributed by atoms with van der Waals surface area (Å²) in [6.07, 6.45) is 2.21. The molecule has 1 amide bonds. The van der Waals surface area contributed by atoms with Crippen LogP contribution < -0.4 is 5.73 Å². The van der Waals surface area contributed by atoms with Crippen LogP contribution in [0.25, 0.3) is 0 Å². The van der Waals surface area contributed by atoms with Gasteiger partial charge in [-0.3, -0.25) is 4.79 Å². The van der Waals surface area contributed by atoms with Crippen LogP contribution in [-0.2, 0) is 4.79 Å². The first-order chi connectivity index (χ1) is 8.08. The van der Waals surface area contributed by atoms with Gasteiger partial charge in [-0.05, 0) is 31.0 Å². The normalized spacial score (nSPS) is 14.7. The van der Waals surface area contributed by atoms with Gasteiger partial charge < -0.3 is 10.6 Å². The minimum Gasteiger partial charge on any atom is -0.398 e. The van der Waals surface area contributed by atoms with Gasteiger partial charge >= 0.3 is 0 Å². The Kier molecular flexibility index (Phi) is 3.57. The van der Waals surface area contributed by atoms with Crippen molar-refractivity contribution in [3.63, 3.8) is 0 Å². The summed E-state index contributed by atoms with van der Waals surface area (Å²) in [5.41, 5.74) is 6.06. The molecule has 2 rings (SSSR count). The zero-order chi connectivity index (χ0) is 12.4. The number of carbonyl (C=O) groups is 1. The van der Waals surface area contributed by atoms with Crippen molar-refractivity contribution >= 4 is 23.4 Å². The van der Waals surface area contributed by atoms with E-state index in [0.717, 1.165) is 17.7 Å². The molecule has 0 aromatic heterocycles. The van der Waals surface area contributed by atoms with Gasteiger partial charge in [-0.15, -0.1) is 11.8 Å². The van der Waals surface area contributed by atoms with Crippen LogP contribution >= 0.6 is 11.8 Å². The second kappa shape index (κ2) is 4.96. The van der Waals surface area contributed by atoms with Crippen LogP contribution in [0.15, 0.2) is 23.1 Å². The first-order valence-electron chi connectivity index (χ1n) is 5.51. The van der Waals surface area contributed by atoms with Crippen molar-refractivity contribution in [3.05, 3.63) is 24.0 Å². The molecule has 1 saturated carbocycles. The number of amides is 1. The summed E-state index contributed by atoms with van der Waals surface area (Å²) in [6, 6.07) is 4.67. The van der Waals surface area contributed by atoms with E-state index >= 15 is 0 Å². The number of carbonyl (C=O) groups excluding carboxylic acids is 1. The third kappa shape index (κ3) is 3.12. The fourth-order valence-corrected chi connectivity index (χ4v) is 2.43. The van der Waals surface area contributed by atoms with Gasteiger partial charge in [0.1, 0.15) is 5.82 Å². The zero-order valence-electron chi connectivity index (χ0n) is 9.65. The standard InChI is InChI=1S/C12H15FN2OS/c1-15(9-3-4-9)12(16)7-17-11-5-2-8(13)6-10(11)14/h2,5-6,9H,3-4,7,14H2,1H3. The molecule has 0 spiro atoms. The van der Waals surface area contributed by atoms with Gasteiger partial charge in [0, 0.05) is 23.7 Å². The molecule has 17 heavy (non-hydrogen) atoms. The van der Waals surface area contributed by atoms with Crippen LogP contribution in [0, 0.1) is 5.82 Å². The van der Waals surface area contributed by atoms with Crippen LogP contribution in [0.5, 0.6) is 0 Å². The SMILES string of the molecule is CN(C(=O)CSc1ccc(F)cc1N)C1CC1. The third-order valence-corrected chi connectivity index (χ3v) is 3.89. The molecule has 2 N–H and O–H groups in total. The summed E-state index contributed by atoms with van der Waals surface area (Å²) in [6.45, 7) is 0. The number of benzene rings is 1. The molecule has 0 unspecified atom stereocenters. The van der Waals surface area contributed by atoms with Crippen LogP contribution in [0.4, 0.5) is 10.1 Å². The zero-order valence-corrected chi connectivity index (χ0v) is 10.5. The molecule has 1 aliphatic rings. The second-order valence-corrected chi connectivity index (χ2v) is 5.22. The lowest BCUT2D eigenvalue weighted by Crippen LogP contribution is -2.30. The van der Waals surface area contributed by atoms with E-state index in [1.165, 1.54) is 23.9 Å². The van der Waals surface area contributed by atoms with Crippen molar-refractivity contribution in [3.8, 4) is 0 Å². The summed E-state index contributed by atoms with van der Waals surface area (Å²) < 4.78 is 12.8. The first kappa shape index (κ1) is 12.2. The van der Waals surface area contributed by atoms with Crippen molar-refractivity contribution in [2.24, 2.45) is 0 Å². The van der Waals surface area contributed by atoms with E-state index in [9.17, 15) is 9.18 Å². The molecular weight excluding hydrogens is 239 g/mol. The largest absolute Gasteiger partial charge is 0.398 e. The number of rotatable bonds is 4. The summed E-state index contributed by atoms with van der Waals surface area (Å²) in [4.78, 5) is 14.3. The molecule has 0 heterocycles. The van der Waals surface area contributed by atoms with E-state index in [1.807, 2.05) is 7.05 Å². The van der Waals surface area contributed by atoms with E-state index < -0.39 is 0 Å². The highest BCUT2D eigenvalue weighted by Gasteiger charge is 2.29. The topological polar surface area (TPSA) is 46.3 Å². The number of nitrogen functional groups attached to an aromatic ring is 1. The molecule has 0 bridgehead atoms. The van der Waals surface area contributed by atoms with E-state index in [0.29, 0.717) is 17.5 Å². The molecule has 92 valence electrons. The summed E-state index contributed by atoms with van der Waals surface area (Å²) in [7, 11) is 1.83. The van der Waals surface area contributed by atoms with Gasteiger partial charge in [-0.25, -0.2) is 4.39 Å². The molecule has 3 nitrogen and oxygen atoms in total. The average molecular weight is 254 g/mol. The minimum atomic E-state index is -0.353. The predicted molar refractivity (Wildman–Crippen MR) is 67.3 cm³/mol. The van der Waals surface area contributed by atoms with Gasteiger partial charge in [0.05, 0.1) is 5.75 Å². The average Bonchev–Trinajstić information content (AvgIpc) is 3.10. The highest BCUT2D eigenvalue weighted by atomic mass is 32.2. The molecule has 0 atom stereocenters. The molecule has 1 aliphatic carbocycles. The summed E-state index contributed by atoms with van der Waals surface area (Å²) in [5.74, 6) is 0.0949. The number of nitrogens with zero attached hydrogens (tertiary/aromatic N) is 1. The number of hydrogen-bond donors (Lipinski definition) is 1. The highest BCUT2D eigenvalue weighted by molar-refractivity contribution is 8.00. The lowest BCUT2D eigenvalue weighted by atomic mass is 10.3. The number of hydrogen-bond acceptors (Lipinski definition) is 3. The number of anilines is 1. The van der Waals surface area contributed by atoms with Crippen molar-refractivity contribution in [2.75, 3.05) is 18.5 Å². The Morgan fingerprint density at radius 3 is 2.88 bits per heavy atom. The van der Waals surface area contributed by atoms with E-state index in [-0.39, 0.29) is 11.7 Å². The summed E-state index contributed by atoms with van der Waals surface area (Å²) >= 11 is 1.35. The van der Waals surface area contributed by atoms with Crippen molar-refractivity contribution < 1.29 is 9.18 Å². The molecule has 0 radical (unpaired) electrons. The Bertz CT molecular complexity index is 435. The monoisotopic (exact) mass is 254 g/mol. The van der Waals surface area contributed by atoms with Crippen molar-refractivity contribution in [2.45, 2.75) is 23.8 Å². The van der Waals surface area contributed by atoms with E-state index in [4.69, 9.17) is 5.73 Å². The van der Waals surface area contributed by atoms with Crippen LogP contribution in [-0.4, -0.2) is 29.6 Å². The highest BCUT2D eigenvalue weighted by Crippen LogP contribution is 2.28. The predicted octanol–water partition coefficient (Wildman–Crippen LogP) is 2.12. The molecule has 1 fully saturated rings. The van der Waals surface area contributed by atoms with Crippen molar-refractivity contribution in [1.29, 1.82) is 0 Å². The number of nitrogens with two attached hydrogens (primary N) is 1. The molecule has 0 saturated heterocycles. The van der Waals surface area contributed by atoms with E-state index in [2.05, 4.69) is 0 Å². The van der Waals surface area contributed by atoms with Crippen LogP contribution in [0.2, 0.25) is 0 Å². The minimum absolute atomic E-state index is 0.0984. The van der Waals surface area contributed by atoms with E-state index in [1.54, 1.807) is 11.0 Å². The Hall–Kier alpha value is -1.23. The lowest BCUT2D eigenvalue weighted by molar-refractivity contribution is -0.127. The molecule has 1 aromatic rings. The van der Waals surface area contributed by atoms with Crippen LogP contribution in [0.1, 0.15) is 12.8 Å². The first-order valence-corrected chi connectivity index (χ1v) is 6.50. The summed E-state index contributed by atoms with van der Waals surface area (Å²) in [5, 5.41) is 0. The Balaban J connectivity index is 1.90. The number of thioether (sulfide) groups is 1. The molecule has 5 heteroatoms. The quantitative estimate of drug-likeness (QED) is 0.661. The van der Waals surface area contributed by atoms with Crippen molar-refractivity contribution in [1.82, 2.24) is 4.90 Å².